The van der Waals surface area contributed by atoms with Crippen LogP contribution in [-0.4, -0.2) is 78.8 Å². The number of thioether (sulfide) groups is 1. The van der Waals surface area contributed by atoms with Gasteiger partial charge in [0.1, 0.15) is 59.8 Å². The van der Waals surface area contributed by atoms with E-state index in [-0.39, 0.29) is 46.2 Å². The van der Waals surface area contributed by atoms with Gasteiger partial charge in [-0.2, -0.15) is 0 Å². The molecule has 3 heterocycles. The molecule has 10 atom stereocenters. The average Bonchev–Trinajstić information content (AvgIpc) is 3.98. The number of nitrogens with zero attached hydrogens (tertiary/aromatic N) is 1. The Morgan fingerprint density at radius 2 is 0.667 bits per heavy atom. The van der Waals surface area contributed by atoms with Gasteiger partial charge >= 0.3 is 0 Å². The van der Waals surface area contributed by atoms with E-state index in [1.807, 2.05) is 237 Å². The monoisotopic (exact) mass is 1110 g/mol. The van der Waals surface area contributed by atoms with Crippen LogP contribution in [0.3, 0.4) is 0 Å². The normalized spacial score (nSPS) is 22.9. The van der Waals surface area contributed by atoms with Crippen molar-refractivity contribution in [3.8, 4) is 0 Å². The Balaban J connectivity index is 0.963. The molecule has 12 nitrogen and oxygen atoms in total. The quantitative estimate of drug-likeness (QED) is 0.0487. The molecule has 0 amide bonds. The maximum atomic E-state index is 7.34. The first kappa shape index (κ1) is 56.1. The highest BCUT2D eigenvalue weighted by molar-refractivity contribution is 7.99. The fourth-order valence-electron chi connectivity index (χ4n) is 10.0. The fourth-order valence-corrected chi connectivity index (χ4v) is 11.1. The number of fused-ring (bicyclic) bond motifs is 1. The molecule has 0 N–H and O–H groups in total. The van der Waals surface area contributed by atoms with E-state index in [2.05, 4.69) is 0 Å². The SMILES string of the molecule is c1ccc(COC[C@H]2O[C@H](OC[C@H]3O[C@@H](Sc4nc5ccccc5o4)[C@H](OCc4ccccc4)[C@@H](OCc4ccccc4)[C@@H]3OCc3ccccc3)[C@H](OCc3ccccc3)[C@@H](OCc3ccccc3)[C@@H]2OCc2ccccc2)cc1. The van der Waals surface area contributed by atoms with Crippen LogP contribution in [0.25, 0.3) is 11.1 Å². The summed E-state index contributed by atoms with van der Waals surface area (Å²) >= 11 is 1.34. The van der Waals surface area contributed by atoms with Gasteiger partial charge in [0.2, 0.25) is 0 Å². The third kappa shape index (κ3) is 15.8. The Labute approximate surface area is 478 Å². The lowest BCUT2D eigenvalue weighted by Gasteiger charge is -2.48. The summed E-state index contributed by atoms with van der Waals surface area (Å²) in [6.45, 7) is 2.08. The Hall–Kier alpha value is -6.82. The van der Waals surface area contributed by atoms with E-state index >= 15 is 0 Å². The maximum Gasteiger partial charge on any atom is 0.259 e. The molecule has 0 spiro atoms. The Morgan fingerprint density at radius 3 is 1.10 bits per heavy atom. The zero-order chi connectivity index (χ0) is 54.7. The first-order chi connectivity index (χ1) is 40.1. The van der Waals surface area contributed by atoms with E-state index in [0.29, 0.717) is 24.0 Å². The van der Waals surface area contributed by atoms with Crippen LogP contribution in [-0.2, 0) is 93.6 Å². The van der Waals surface area contributed by atoms with Gasteiger partial charge in [-0.1, -0.05) is 224 Å². The van der Waals surface area contributed by atoms with Crippen molar-refractivity contribution in [3.05, 3.63) is 276 Å². The summed E-state index contributed by atoms with van der Waals surface area (Å²) in [6.07, 6.45) is -6.89. The number of benzene rings is 8. The second-order valence-corrected chi connectivity index (χ2v) is 21.1. The smallest absolute Gasteiger partial charge is 0.259 e. The van der Waals surface area contributed by atoms with Crippen molar-refractivity contribution in [1.82, 2.24) is 4.98 Å². The highest BCUT2D eigenvalue weighted by atomic mass is 32.2. The van der Waals surface area contributed by atoms with Crippen molar-refractivity contribution >= 4 is 22.9 Å². The molecule has 416 valence electrons. The lowest BCUT2D eigenvalue weighted by Crippen LogP contribution is -2.63. The van der Waals surface area contributed by atoms with E-state index in [4.69, 9.17) is 56.8 Å². The maximum absolute atomic E-state index is 7.34. The van der Waals surface area contributed by atoms with Crippen LogP contribution in [0.4, 0.5) is 0 Å². The second kappa shape index (κ2) is 29.2. The number of ether oxygens (including phenoxy) is 10. The molecule has 1 aromatic heterocycles. The molecule has 2 aliphatic heterocycles. The van der Waals surface area contributed by atoms with Gasteiger partial charge < -0.3 is 51.8 Å². The van der Waals surface area contributed by atoms with Gasteiger partial charge in [-0.25, -0.2) is 4.98 Å². The summed E-state index contributed by atoms with van der Waals surface area (Å²) in [5.41, 5.74) is 7.60. The van der Waals surface area contributed by atoms with Crippen molar-refractivity contribution in [1.29, 1.82) is 0 Å². The van der Waals surface area contributed by atoms with Crippen LogP contribution in [0.15, 0.2) is 246 Å². The topological polar surface area (TPSA) is 118 Å². The van der Waals surface area contributed by atoms with Crippen molar-refractivity contribution in [3.63, 3.8) is 0 Å². The summed E-state index contributed by atoms with van der Waals surface area (Å²) in [6, 6.07) is 78.3. The summed E-state index contributed by atoms with van der Waals surface area (Å²) in [4.78, 5) is 4.90. The molecular formula is C68H67NO11S. The molecule has 11 rings (SSSR count). The predicted molar refractivity (Wildman–Crippen MR) is 309 cm³/mol. The molecule has 9 aromatic rings. The van der Waals surface area contributed by atoms with Crippen LogP contribution in [0, 0.1) is 0 Å². The van der Waals surface area contributed by atoms with E-state index in [1.54, 1.807) is 0 Å². The summed E-state index contributed by atoms with van der Waals surface area (Å²) < 4.78 is 77.1. The number of rotatable bonds is 27. The first-order valence-corrected chi connectivity index (χ1v) is 28.5. The number of oxazole rings is 1. The number of para-hydroxylation sites is 2. The van der Waals surface area contributed by atoms with E-state index in [9.17, 15) is 0 Å². The molecule has 0 saturated carbocycles. The molecular weight excluding hydrogens is 1040 g/mol. The van der Waals surface area contributed by atoms with Gasteiger partial charge in [0.15, 0.2) is 11.9 Å². The number of aromatic nitrogens is 1. The van der Waals surface area contributed by atoms with Gasteiger partial charge in [0.25, 0.3) is 5.22 Å². The largest absolute Gasteiger partial charge is 0.431 e. The minimum absolute atomic E-state index is 0.0327. The third-order valence-corrected chi connectivity index (χ3v) is 15.2. The Morgan fingerprint density at radius 1 is 0.321 bits per heavy atom. The van der Waals surface area contributed by atoms with Crippen LogP contribution in [0.1, 0.15) is 38.9 Å². The standard InChI is InChI=1S/C68H67NO11S/c1-8-24-49(25-9-1)40-70-47-58-60(71-41-50-26-10-2-11-27-50)62(73-43-52-30-14-4-15-31-52)64(75-45-54-34-18-6-19-35-54)66(78-58)77-48-59-61(72-42-51-28-12-3-13-29-51)63(74-44-53-32-16-5-17-33-53)65(76-46-55-36-20-7-21-37-55)67(79-59)81-68-69-56-38-22-23-39-57(56)80-68/h1-39,58-67H,40-48H2/t58-,59-,60-,61-,62+,63+,64-,65-,66+,67+/m1/s1. The molecule has 0 aliphatic carbocycles. The molecule has 2 fully saturated rings. The van der Waals surface area contributed by atoms with Crippen molar-refractivity contribution in [2.45, 2.75) is 112 Å². The molecule has 2 aliphatic rings. The Kier molecular flexibility index (Phi) is 20.2. The average molecular weight is 1110 g/mol. The second-order valence-electron chi connectivity index (χ2n) is 20.1. The molecule has 0 radical (unpaired) electrons. The third-order valence-electron chi connectivity index (χ3n) is 14.2. The molecule has 13 heteroatoms. The zero-order valence-electron chi connectivity index (χ0n) is 45.0. The zero-order valence-corrected chi connectivity index (χ0v) is 45.8. The van der Waals surface area contributed by atoms with E-state index in [1.165, 1.54) is 11.8 Å². The highest BCUT2D eigenvalue weighted by Crippen LogP contribution is 2.40. The lowest BCUT2D eigenvalue weighted by atomic mass is 9.97. The summed E-state index contributed by atoms with van der Waals surface area (Å²) in [5, 5.41) is 0.419. The lowest BCUT2D eigenvalue weighted by molar-refractivity contribution is -0.337. The number of hydrogen-bond donors (Lipinski definition) is 0. The molecule has 0 bridgehead atoms. The molecule has 2 saturated heterocycles. The summed E-state index contributed by atoms with van der Waals surface area (Å²) in [7, 11) is 0. The first-order valence-electron chi connectivity index (χ1n) is 27.6. The van der Waals surface area contributed by atoms with Crippen LogP contribution >= 0.6 is 11.8 Å². The fraction of sp³-hybridized carbons (Fsp3) is 0.279. The van der Waals surface area contributed by atoms with Gasteiger partial charge in [-0.3, -0.25) is 0 Å². The van der Waals surface area contributed by atoms with Crippen LogP contribution < -0.4 is 0 Å². The molecule has 0 unspecified atom stereocenters. The number of hydrogen-bond acceptors (Lipinski definition) is 13. The molecule has 81 heavy (non-hydrogen) atoms. The van der Waals surface area contributed by atoms with Gasteiger partial charge in [0, 0.05) is 0 Å². The molecule has 8 aromatic carbocycles. The highest BCUT2D eigenvalue weighted by Gasteiger charge is 2.52. The van der Waals surface area contributed by atoms with Gasteiger partial charge in [-0.05, 0) is 62.8 Å². The van der Waals surface area contributed by atoms with Crippen molar-refractivity contribution in [2.24, 2.45) is 0 Å². The van der Waals surface area contributed by atoms with E-state index < -0.39 is 60.6 Å². The minimum atomic E-state index is -1.03. The van der Waals surface area contributed by atoms with Crippen LogP contribution in [0.5, 0.6) is 0 Å². The van der Waals surface area contributed by atoms with Crippen molar-refractivity contribution < 1.29 is 51.8 Å². The van der Waals surface area contributed by atoms with Gasteiger partial charge in [0.05, 0.1) is 59.5 Å². The predicted octanol–water partition coefficient (Wildman–Crippen LogP) is 13.1. The van der Waals surface area contributed by atoms with Gasteiger partial charge in [-0.15, -0.1) is 0 Å². The minimum Gasteiger partial charge on any atom is -0.431 e. The summed E-state index contributed by atoms with van der Waals surface area (Å²) in [5.74, 6) is 0. The Bertz CT molecular complexity index is 3170. The van der Waals surface area contributed by atoms with Crippen LogP contribution in [0.2, 0.25) is 0 Å². The van der Waals surface area contributed by atoms with E-state index in [0.717, 1.165) is 44.5 Å². The van der Waals surface area contributed by atoms with Crippen molar-refractivity contribution in [2.75, 3.05) is 13.2 Å².